The summed E-state index contributed by atoms with van der Waals surface area (Å²) in [6.07, 6.45) is 8.94. The van der Waals surface area contributed by atoms with E-state index in [1.54, 1.807) is 0 Å². The molecule has 1 aliphatic heterocycles. The fraction of sp³-hybridized carbons (Fsp3) is 0.909. The molecule has 5 heteroatoms. The number of amides is 2. The summed E-state index contributed by atoms with van der Waals surface area (Å²) in [7, 11) is 0. The smallest absolute Gasteiger partial charge is 0.245 e. The van der Waals surface area contributed by atoms with Gasteiger partial charge >= 0.3 is 0 Å². The molecule has 2 fully saturated rings. The quantitative estimate of drug-likeness (QED) is 0.742. The number of carbonyl (C=O) groups is 2. The predicted molar refractivity (Wildman–Crippen MR) is 110 cm³/mol. The summed E-state index contributed by atoms with van der Waals surface area (Å²) in [5.41, 5.74) is 5.94. The third-order valence-corrected chi connectivity index (χ3v) is 6.50. The highest BCUT2D eigenvalue weighted by Crippen LogP contribution is 2.31. The van der Waals surface area contributed by atoms with Crippen LogP contribution >= 0.6 is 0 Å². The molecule has 2 aliphatic rings. The third-order valence-electron chi connectivity index (χ3n) is 6.50. The molecule has 0 aromatic rings. The Morgan fingerprint density at radius 3 is 2.37 bits per heavy atom. The Morgan fingerprint density at radius 1 is 1.19 bits per heavy atom. The summed E-state index contributed by atoms with van der Waals surface area (Å²) in [6.45, 7) is 11.2. The van der Waals surface area contributed by atoms with Gasteiger partial charge in [0.25, 0.3) is 0 Å². The standard InChI is InChI=1S/C22H41N3O2/c1-6-10-16-13-15(2)25(14-16)21(27)19(22(3,4)5)24-20(26)18(23)17-11-8-7-9-12-17/h15-19H,6-14,23H2,1-5H3,(H,24,26). The van der Waals surface area contributed by atoms with Gasteiger partial charge in [-0.3, -0.25) is 9.59 Å². The van der Waals surface area contributed by atoms with Crippen LogP contribution in [-0.4, -0.2) is 41.4 Å². The lowest BCUT2D eigenvalue weighted by Gasteiger charge is -2.36. The monoisotopic (exact) mass is 379 g/mol. The van der Waals surface area contributed by atoms with Crippen LogP contribution in [-0.2, 0) is 9.59 Å². The SMILES string of the molecule is CCCC1CC(C)N(C(=O)C(NC(=O)C(N)C2CCCCC2)C(C)(C)C)C1. The number of rotatable bonds is 6. The molecular formula is C22H41N3O2. The van der Waals surface area contributed by atoms with Crippen LogP contribution in [0.2, 0.25) is 0 Å². The first kappa shape index (κ1) is 22.2. The van der Waals surface area contributed by atoms with Gasteiger partial charge in [0.05, 0.1) is 6.04 Å². The molecule has 0 aromatic heterocycles. The predicted octanol–water partition coefficient (Wildman–Crippen LogP) is 3.46. The van der Waals surface area contributed by atoms with Crippen LogP contribution in [0, 0.1) is 17.3 Å². The highest BCUT2D eigenvalue weighted by molar-refractivity contribution is 5.90. The van der Waals surface area contributed by atoms with Crippen molar-refractivity contribution < 1.29 is 9.59 Å². The maximum Gasteiger partial charge on any atom is 0.245 e. The number of nitrogens with two attached hydrogens (primary N) is 1. The zero-order valence-corrected chi connectivity index (χ0v) is 18.1. The first-order valence-electron chi connectivity index (χ1n) is 11.0. The van der Waals surface area contributed by atoms with Gasteiger partial charge in [-0.25, -0.2) is 0 Å². The van der Waals surface area contributed by atoms with Gasteiger partial charge in [0.15, 0.2) is 0 Å². The molecule has 4 unspecified atom stereocenters. The Labute approximate surface area is 165 Å². The van der Waals surface area contributed by atoms with Gasteiger partial charge in [0.1, 0.15) is 6.04 Å². The molecule has 1 heterocycles. The largest absolute Gasteiger partial charge is 0.342 e. The molecule has 0 radical (unpaired) electrons. The molecule has 0 bridgehead atoms. The van der Waals surface area contributed by atoms with E-state index < -0.39 is 12.1 Å². The molecule has 1 saturated carbocycles. The number of carbonyl (C=O) groups excluding carboxylic acids is 2. The van der Waals surface area contributed by atoms with E-state index in [0.717, 1.165) is 51.5 Å². The van der Waals surface area contributed by atoms with E-state index in [2.05, 4.69) is 19.2 Å². The van der Waals surface area contributed by atoms with Crippen molar-refractivity contribution in [1.29, 1.82) is 0 Å². The lowest BCUT2D eigenvalue weighted by atomic mass is 9.82. The Hall–Kier alpha value is -1.10. The Balaban J connectivity index is 2.06. The summed E-state index contributed by atoms with van der Waals surface area (Å²) in [5.74, 6) is 0.716. The minimum absolute atomic E-state index is 0.0535. The van der Waals surface area contributed by atoms with Gasteiger partial charge in [-0.1, -0.05) is 53.4 Å². The van der Waals surface area contributed by atoms with Crippen LogP contribution in [0.4, 0.5) is 0 Å². The Bertz CT molecular complexity index is 508. The normalized spacial score (nSPS) is 26.7. The zero-order chi connectivity index (χ0) is 20.2. The van der Waals surface area contributed by atoms with Gasteiger partial charge in [-0.2, -0.15) is 0 Å². The summed E-state index contributed by atoms with van der Waals surface area (Å²) < 4.78 is 0. The van der Waals surface area contributed by atoms with Crippen molar-refractivity contribution in [2.24, 2.45) is 23.0 Å². The minimum atomic E-state index is -0.525. The molecule has 3 N–H and O–H groups in total. The van der Waals surface area contributed by atoms with Crippen LogP contribution in [0.1, 0.15) is 86.0 Å². The van der Waals surface area contributed by atoms with Crippen LogP contribution < -0.4 is 11.1 Å². The number of nitrogens with zero attached hydrogens (tertiary/aromatic N) is 1. The highest BCUT2D eigenvalue weighted by atomic mass is 16.2. The maximum atomic E-state index is 13.4. The second-order valence-electron chi connectivity index (χ2n) is 9.96. The average molecular weight is 380 g/mol. The highest BCUT2D eigenvalue weighted by Gasteiger charge is 2.41. The van der Waals surface area contributed by atoms with Gasteiger partial charge < -0.3 is 16.0 Å². The second kappa shape index (κ2) is 9.40. The summed E-state index contributed by atoms with van der Waals surface area (Å²) >= 11 is 0. The first-order valence-corrected chi connectivity index (χ1v) is 11.0. The first-order chi connectivity index (χ1) is 12.6. The summed E-state index contributed by atoms with van der Waals surface area (Å²) in [6, 6.07) is -0.794. The van der Waals surface area contributed by atoms with Crippen molar-refractivity contribution in [3.63, 3.8) is 0 Å². The average Bonchev–Trinajstić information content (AvgIpc) is 2.98. The zero-order valence-electron chi connectivity index (χ0n) is 18.1. The van der Waals surface area contributed by atoms with Crippen LogP contribution in [0.25, 0.3) is 0 Å². The molecule has 2 rings (SSSR count). The molecule has 1 saturated heterocycles. The van der Waals surface area contributed by atoms with E-state index in [9.17, 15) is 9.59 Å². The number of likely N-dealkylation sites (tertiary alicyclic amines) is 1. The molecule has 5 nitrogen and oxygen atoms in total. The number of hydrogen-bond donors (Lipinski definition) is 2. The Morgan fingerprint density at radius 2 is 1.81 bits per heavy atom. The van der Waals surface area contributed by atoms with Gasteiger partial charge in [-0.15, -0.1) is 0 Å². The van der Waals surface area contributed by atoms with Crippen molar-refractivity contribution in [1.82, 2.24) is 10.2 Å². The lowest BCUT2D eigenvalue weighted by Crippen LogP contribution is -2.59. The lowest BCUT2D eigenvalue weighted by molar-refractivity contribution is -0.140. The van der Waals surface area contributed by atoms with Gasteiger partial charge in [0.2, 0.25) is 11.8 Å². The maximum absolute atomic E-state index is 13.4. The topological polar surface area (TPSA) is 75.4 Å². The fourth-order valence-corrected chi connectivity index (χ4v) is 4.83. The van der Waals surface area contributed by atoms with E-state index in [1.165, 1.54) is 6.42 Å². The fourth-order valence-electron chi connectivity index (χ4n) is 4.83. The molecule has 2 amide bonds. The van der Waals surface area contributed by atoms with E-state index in [1.807, 2.05) is 25.7 Å². The molecule has 4 atom stereocenters. The van der Waals surface area contributed by atoms with Crippen LogP contribution in [0.15, 0.2) is 0 Å². The van der Waals surface area contributed by atoms with Crippen molar-refractivity contribution in [2.45, 2.75) is 104 Å². The minimum Gasteiger partial charge on any atom is -0.342 e. The van der Waals surface area contributed by atoms with Gasteiger partial charge in [-0.05, 0) is 49.9 Å². The Kier molecular flexibility index (Phi) is 7.73. The second-order valence-corrected chi connectivity index (χ2v) is 9.96. The molecule has 27 heavy (non-hydrogen) atoms. The number of hydrogen-bond acceptors (Lipinski definition) is 3. The van der Waals surface area contributed by atoms with E-state index in [0.29, 0.717) is 5.92 Å². The van der Waals surface area contributed by atoms with Crippen molar-refractivity contribution in [3.8, 4) is 0 Å². The summed E-state index contributed by atoms with van der Waals surface area (Å²) in [5, 5.41) is 3.04. The molecule has 1 aliphatic carbocycles. The summed E-state index contributed by atoms with van der Waals surface area (Å²) in [4.78, 5) is 28.2. The van der Waals surface area contributed by atoms with Gasteiger partial charge in [0, 0.05) is 12.6 Å². The van der Waals surface area contributed by atoms with E-state index >= 15 is 0 Å². The van der Waals surface area contributed by atoms with Crippen LogP contribution in [0.3, 0.4) is 0 Å². The van der Waals surface area contributed by atoms with Crippen molar-refractivity contribution in [3.05, 3.63) is 0 Å². The van der Waals surface area contributed by atoms with Crippen molar-refractivity contribution in [2.75, 3.05) is 6.54 Å². The third kappa shape index (κ3) is 5.69. The molecular weight excluding hydrogens is 338 g/mol. The van der Waals surface area contributed by atoms with E-state index in [-0.39, 0.29) is 29.2 Å². The van der Waals surface area contributed by atoms with E-state index in [4.69, 9.17) is 5.73 Å². The molecule has 0 aromatic carbocycles. The number of nitrogens with one attached hydrogen (secondary N) is 1. The molecule has 0 spiro atoms. The van der Waals surface area contributed by atoms with Crippen molar-refractivity contribution >= 4 is 11.8 Å². The molecule has 156 valence electrons. The van der Waals surface area contributed by atoms with Crippen LogP contribution in [0.5, 0.6) is 0 Å².